The van der Waals surface area contributed by atoms with E-state index in [4.69, 9.17) is 0 Å². The highest BCUT2D eigenvalue weighted by molar-refractivity contribution is 14.1. The highest BCUT2D eigenvalue weighted by Gasteiger charge is 2.48. The second kappa shape index (κ2) is 9.59. The van der Waals surface area contributed by atoms with Crippen molar-refractivity contribution >= 4 is 59.9 Å². The van der Waals surface area contributed by atoms with Crippen LogP contribution in [0.3, 0.4) is 0 Å². The highest BCUT2D eigenvalue weighted by Crippen LogP contribution is 2.44. The lowest BCUT2D eigenvalue weighted by atomic mass is 9.90. The molecule has 19 heteroatoms. The lowest BCUT2D eigenvalue weighted by Crippen LogP contribution is -2.46. The van der Waals surface area contributed by atoms with E-state index in [0.29, 0.717) is 17.8 Å². The largest absolute Gasteiger partial charge is 0.294 e. The average molecular weight is 676 g/mol. The molecule has 1 atom stereocenters. The standard InChI is InChI=1S/C19H13IN6O10S2/c20-11-1-3-12(4-2-11)24-22-19(21-23-24,15-7-5-13(25(27)28)9-17(15)26(29)30)16-8-6-14(37(31,32)33)10-18(16)38(34,35)36/h1-10,22H,(H,31,32,33)(H,34,35,36). The molecule has 16 nitrogen and oxygen atoms in total. The Labute approximate surface area is 226 Å². The number of hydrogen-bond donors (Lipinski definition) is 3. The van der Waals surface area contributed by atoms with Gasteiger partial charge >= 0.3 is 0 Å². The van der Waals surface area contributed by atoms with Crippen molar-refractivity contribution in [1.29, 1.82) is 0 Å². The molecule has 3 aromatic carbocycles. The van der Waals surface area contributed by atoms with Crippen LogP contribution in [0.2, 0.25) is 0 Å². The van der Waals surface area contributed by atoms with Gasteiger partial charge in [-0.05, 0) is 65.1 Å². The van der Waals surface area contributed by atoms with Gasteiger partial charge in [-0.2, -0.15) is 27.4 Å². The minimum Gasteiger partial charge on any atom is -0.282 e. The van der Waals surface area contributed by atoms with Crippen molar-refractivity contribution in [1.82, 2.24) is 5.43 Å². The van der Waals surface area contributed by atoms with E-state index in [2.05, 4.69) is 15.8 Å². The summed E-state index contributed by atoms with van der Waals surface area (Å²) < 4.78 is 68.2. The van der Waals surface area contributed by atoms with Crippen LogP contribution in [0.15, 0.2) is 80.8 Å². The SMILES string of the molecule is O=[N+]([O-])c1ccc(C2(c3ccc(S(=O)(=O)O)cc3S(=O)(=O)O)N=NN(c3ccc(I)cc3)N2)c([N+](=O)[O-])c1. The van der Waals surface area contributed by atoms with Gasteiger partial charge in [-0.15, -0.1) is 5.11 Å². The summed E-state index contributed by atoms with van der Waals surface area (Å²) in [5, 5.41) is 32.3. The van der Waals surface area contributed by atoms with Crippen molar-refractivity contribution in [2.24, 2.45) is 10.3 Å². The first kappa shape index (κ1) is 27.4. The number of nitro benzene ring substituents is 2. The smallest absolute Gasteiger partial charge is 0.282 e. The van der Waals surface area contributed by atoms with E-state index in [1.807, 2.05) is 22.6 Å². The number of rotatable bonds is 7. The summed E-state index contributed by atoms with van der Waals surface area (Å²) in [7, 11) is -10.2. The van der Waals surface area contributed by atoms with Gasteiger partial charge in [0.05, 0.1) is 32.1 Å². The average Bonchev–Trinajstić information content (AvgIpc) is 3.29. The number of benzene rings is 3. The van der Waals surface area contributed by atoms with Crippen LogP contribution in [0.25, 0.3) is 0 Å². The van der Waals surface area contributed by atoms with Crippen LogP contribution >= 0.6 is 22.6 Å². The van der Waals surface area contributed by atoms with Crippen LogP contribution < -0.4 is 10.5 Å². The predicted octanol–water partition coefficient (Wildman–Crippen LogP) is 3.19. The summed E-state index contributed by atoms with van der Waals surface area (Å²) in [6, 6.07) is 11.1. The second-order valence-corrected chi connectivity index (χ2v) is 11.7. The van der Waals surface area contributed by atoms with Crippen LogP contribution in [0.4, 0.5) is 17.1 Å². The van der Waals surface area contributed by atoms with Gasteiger partial charge in [0.2, 0.25) is 5.66 Å². The molecule has 198 valence electrons. The third kappa shape index (κ3) is 5.06. The number of non-ortho nitro benzene ring substituents is 1. The third-order valence-electron chi connectivity index (χ3n) is 5.32. The van der Waals surface area contributed by atoms with E-state index in [1.54, 1.807) is 24.3 Å². The number of halogens is 1. The fraction of sp³-hybridized carbons (Fsp3) is 0.0526. The van der Waals surface area contributed by atoms with Crippen LogP contribution in [-0.4, -0.2) is 35.8 Å². The maximum atomic E-state index is 12.4. The van der Waals surface area contributed by atoms with Crippen molar-refractivity contribution < 1.29 is 35.8 Å². The number of nitro groups is 2. The number of anilines is 1. The van der Waals surface area contributed by atoms with Crippen LogP contribution in [-0.2, 0) is 25.9 Å². The summed E-state index contributed by atoms with van der Waals surface area (Å²) >= 11 is 2.04. The van der Waals surface area contributed by atoms with Gasteiger partial charge in [0.25, 0.3) is 31.6 Å². The molecule has 0 fully saturated rings. The zero-order valence-electron chi connectivity index (χ0n) is 18.4. The molecule has 1 aliphatic rings. The molecule has 3 aromatic rings. The van der Waals surface area contributed by atoms with Crippen molar-refractivity contribution in [3.63, 3.8) is 0 Å². The third-order valence-corrected chi connectivity index (χ3v) is 7.78. The van der Waals surface area contributed by atoms with Gasteiger partial charge in [-0.25, -0.2) is 0 Å². The fourth-order valence-electron chi connectivity index (χ4n) is 3.65. The molecule has 1 heterocycles. The first-order chi connectivity index (χ1) is 17.6. The topological polar surface area (TPSA) is 235 Å². The van der Waals surface area contributed by atoms with Crippen LogP contribution in [0.5, 0.6) is 0 Å². The molecule has 0 spiro atoms. The predicted molar refractivity (Wildman–Crippen MR) is 136 cm³/mol. The molecule has 3 N–H and O–H groups in total. The van der Waals surface area contributed by atoms with Crippen LogP contribution in [0.1, 0.15) is 11.1 Å². The van der Waals surface area contributed by atoms with Crippen molar-refractivity contribution in [3.05, 3.63) is 95.6 Å². The maximum absolute atomic E-state index is 12.4. The normalized spacial score (nSPS) is 17.5. The van der Waals surface area contributed by atoms with E-state index < -0.39 is 68.0 Å². The van der Waals surface area contributed by atoms with E-state index in [1.165, 1.54) is 0 Å². The molecule has 0 radical (unpaired) electrons. The van der Waals surface area contributed by atoms with Crippen molar-refractivity contribution in [3.8, 4) is 0 Å². The first-order valence-electron chi connectivity index (χ1n) is 9.92. The Hall–Kier alpha value is -3.63. The monoisotopic (exact) mass is 676 g/mol. The molecule has 0 aromatic heterocycles. The van der Waals surface area contributed by atoms with E-state index in [0.717, 1.165) is 33.0 Å². The van der Waals surface area contributed by atoms with Crippen LogP contribution in [0, 0.1) is 23.8 Å². The quantitative estimate of drug-likeness (QED) is 0.142. The first-order valence-corrected chi connectivity index (χ1v) is 13.9. The summed E-state index contributed by atoms with van der Waals surface area (Å²) in [5.74, 6) is 0. The van der Waals surface area contributed by atoms with E-state index >= 15 is 0 Å². The molecule has 0 aliphatic carbocycles. The lowest BCUT2D eigenvalue weighted by Gasteiger charge is -2.29. The summed E-state index contributed by atoms with van der Waals surface area (Å²) in [6.07, 6.45) is 0. The fourth-order valence-corrected chi connectivity index (χ4v) is 5.36. The Morgan fingerprint density at radius 3 is 2.05 bits per heavy atom. The number of nitrogens with one attached hydrogen (secondary N) is 1. The molecule has 1 aliphatic heterocycles. The zero-order valence-corrected chi connectivity index (χ0v) is 22.2. The lowest BCUT2D eigenvalue weighted by molar-refractivity contribution is -0.394. The highest BCUT2D eigenvalue weighted by atomic mass is 127. The molecule has 1 unspecified atom stereocenters. The second-order valence-electron chi connectivity index (χ2n) is 7.62. The minimum atomic E-state index is -5.26. The molecular formula is C19H13IN6O10S2. The Bertz CT molecular complexity index is 1730. The number of nitrogens with zero attached hydrogens (tertiary/aromatic N) is 5. The van der Waals surface area contributed by atoms with Gasteiger partial charge in [-0.1, -0.05) is 11.3 Å². The molecule has 0 bridgehead atoms. The van der Waals surface area contributed by atoms with E-state index in [9.17, 15) is 46.2 Å². The Kier molecular flexibility index (Phi) is 6.92. The summed E-state index contributed by atoms with van der Waals surface area (Å²) in [4.78, 5) is 19.4. The zero-order chi connectivity index (χ0) is 28.0. The summed E-state index contributed by atoms with van der Waals surface area (Å²) in [5.41, 5.74) is -1.77. The van der Waals surface area contributed by atoms with Gasteiger partial charge in [0.1, 0.15) is 4.90 Å². The van der Waals surface area contributed by atoms with Gasteiger partial charge < -0.3 is 0 Å². The summed E-state index contributed by atoms with van der Waals surface area (Å²) in [6.45, 7) is 0. The Morgan fingerprint density at radius 2 is 1.50 bits per heavy atom. The number of hydrogen-bond acceptors (Lipinski definition) is 12. The maximum Gasteiger partial charge on any atom is 0.294 e. The molecular weight excluding hydrogens is 663 g/mol. The van der Waals surface area contributed by atoms with E-state index in [-0.39, 0.29) is 0 Å². The Balaban J connectivity index is 2.06. The van der Waals surface area contributed by atoms with Crippen molar-refractivity contribution in [2.45, 2.75) is 15.5 Å². The van der Waals surface area contributed by atoms with Gasteiger partial charge in [0.15, 0.2) is 0 Å². The molecule has 4 rings (SSSR count). The minimum absolute atomic E-state index is 0.337. The molecule has 38 heavy (non-hydrogen) atoms. The van der Waals surface area contributed by atoms with Crippen molar-refractivity contribution in [2.75, 3.05) is 5.12 Å². The van der Waals surface area contributed by atoms with Gasteiger partial charge in [0, 0.05) is 15.2 Å². The molecule has 0 saturated carbocycles. The Morgan fingerprint density at radius 1 is 0.868 bits per heavy atom. The number of hydrazine groups is 1. The van der Waals surface area contributed by atoms with Gasteiger partial charge in [-0.3, -0.25) is 29.3 Å². The molecule has 0 amide bonds. The molecule has 0 saturated heterocycles.